The number of aromatic nitrogens is 2. The minimum atomic E-state index is -0.696. The highest BCUT2D eigenvalue weighted by Gasteiger charge is 2.30. The third-order valence-electron chi connectivity index (χ3n) is 6.19. The van der Waals surface area contributed by atoms with Gasteiger partial charge in [0.15, 0.2) is 11.5 Å². The molecule has 0 saturated heterocycles. The zero-order chi connectivity index (χ0) is 25.5. The van der Waals surface area contributed by atoms with Crippen LogP contribution in [0.2, 0.25) is 0 Å². The highest BCUT2D eigenvalue weighted by atomic mass is 19.1. The van der Waals surface area contributed by atoms with E-state index in [-0.39, 0.29) is 30.3 Å². The van der Waals surface area contributed by atoms with Gasteiger partial charge in [-0.2, -0.15) is 0 Å². The van der Waals surface area contributed by atoms with Crippen molar-refractivity contribution < 1.29 is 19.1 Å². The van der Waals surface area contributed by atoms with E-state index in [0.717, 1.165) is 12.0 Å². The zero-order valence-corrected chi connectivity index (χ0v) is 19.9. The van der Waals surface area contributed by atoms with E-state index in [2.05, 4.69) is 23.5 Å². The molecule has 1 atom stereocenters. The van der Waals surface area contributed by atoms with Crippen LogP contribution in [0.4, 0.5) is 10.1 Å². The predicted molar refractivity (Wildman–Crippen MR) is 132 cm³/mol. The van der Waals surface area contributed by atoms with Crippen molar-refractivity contribution in [3.8, 4) is 5.75 Å². The molecule has 0 fully saturated rings. The van der Waals surface area contributed by atoms with Crippen molar-refractivity contribution in [2.75, 3.05) is 18.9 Å². The Balaban J connectivity index is 1.90. The number of rotatable bonds is 10. The number of Topliss-reactive ketones (excluding diaryl/α,β-unsaturated/α-hetero) is 1. The first-order valence-electron chi connectivity index (χ1n) is 11.7. The van der Waals surface area contributed by atoms with Gasteiger partial charge in [-0.25, -0.2) is 9.37 Å². The lowest BCUT2D eigenvalue weighted by atomic mass is 10.0. The van der Waals surface area contributed by atoms with Gasteiger partial charge in [0.05, 0.1) is 6.04 Å². The molecule has 0 saturated carbocycles. The summed E-state index contributed by atoms with van der Waals surface area (Å²) in [5, 5.41) is 13.7. The smallest absolute Gasteiger partial charge is 0.296 e. The number of nitrogens with one attached hydrogen (secondary N) is 1. The predicted octanol–water partition coefficient (Wildman–Crippen LogP) is 3.76. The van der Waals surface area contributed by atoms with Crippen molar-refractivity contribution in [3.05, 3.63) is 76.8 Å². The van der Waals surface area contributed by atoms with Gasteiger partial charge in [0, 0.05) is 32.2 Å². The van der Waals surface area contributed by atoms with Gasteiger partial charge in [0.1, 0.15) is 11.6 Å². The minimum Gasteiger partial charge on any atom is -0.501 e. The van der Waals surface area contributed by atoms with Crippen molar-refractivity contribution in [3.63, 3.8) is 0 Å². The lowest BCUT2D eigenvalue weighted by molar-refractivity contribution is -0.127. The maximum absolute atomic E-state index is 13.8. The number of likely N-dealkylation sites (N-methyl/N-ethyl adjacent to an activating group) is 1. The number of hydrogen-bond donors (Lipinski definition) is 2. The fraction of sp³-hybridized carbons (Fsp3) is 0.385. The Bertz CT molecular complexity index is 1190. The molecule has 1 aromatic carbocycles. The molecular weight excluding hydrogens is 451 g/mol. The third-order valence-corrected chi connectivity index (χ3v) is 6.19. The van der Waals surface area contributed by atoms with Crippen molar-refractivity contribution in [2.45, 2.75) is 51.1 Å². The number of ketones is 1. The minimum absolute atomic E-state index is 0.0443. The van der Waals surface area contributed by atoms with Gasteiger partial charge >= 0.3 is 0 Å². The molecule has 3 rings (SSSR count). The summed E-state index contributed by atoms with van der Waals surface area (Å²) in [5.41, 5.74) is 0.293. The molecule has 2 N–H and O–H groups in total. The first kappa shape index (κ1) is 25.9. The Morgan fingerprint density at radius 3 is 2.83 bits per heavy atom. The number of carbonyl (C=O) groups excluding carboxylic acids is 2. The summed E-state index contributed by atoms with van der Waals surface area (Å²) in [7, 11) is 1.60. The number of carbonyl (C=O) groups is 2. The van der Waals surface area contributed by atoms with Crippen molar-refractivity contribution in [1.29, 1.82) is 0 Å². The first-order chi connectivity index (χ1) is 16.8. The molecule has 0 spiro atoms. The number of nitrogens with zero attached hydrogens (tertiary/aromatic N) is 3. The van der Waals surface area contributed by atoms with Crippen LogP contribution in [0.3, 0.4) is 0 Å². The summed E-state index contributed by atoms with van der Waals surface area (Å²) >= 11 is 0. The molecule has 1 amide bonds. The summed E-state index contributed by atoms with van der Waals surface area (Å²) in [6.07, 6.45) is 5.83. The Morgan fingerprint density at radius 1 is 1.34 bits per heavy atom. The summed E-state index contributed by atoms with van der Waals surface area (Å²) < 4.78 is 15.1. The van der Waals surface area contributed by atoms with Crippen LogP contribution in [0.1, 0.15) is 60.0 Å². The second-order valence-corrected chi connectivity index (χ2v) is 8.52. The summed E-state index contributed by atoms with van der Waals surface area (Å²) in [6.45, 7) is 8.08. The fourth-order valence-corrected chi connectivity index (χ4v) is 4.23. The lowest BCUT2D eigenvalue weighted by Gasteiger charge is -2.27. The number of fused-ring (bicyclic) bond motifs is 1. The van der Waals surface area contributed by atoms with Crippen LogP contribution in [0.5, 0.6) is 5.75 Å². The number of amides is 1. The zero-order valence-electron chi connectivity index (χ0n) is 19.9. The Morgan fingerprint density at radius 2 is 2.11 bits per heavy atom. The second-order valence-electron chi connectivity index (χ2n) is 8.52. The number of aromatic hydroxyl groups is 1. The monoisotopic (exact) mass is 482 g/mol. The third kappa shape index (κ3) is 5.85. The van der Waals surface area contributed by atoms with Crippen molar-refractivity contribution in [2.24, 2.45) is 0 Å². The summed E-state index contributed by atoms with van der Waals surface area (Å²) in [5.74, 6) is -1.65. The second kappa shape index (κ2) is 11.6. The van der Waals surface area contributed by atoms with Crippen LogP contribution in [0.15, 0.2) is 48.3 Å². The van der Waals surface area contributed by atoms with Crippen LogP contribution in [-0.2, 0) is 17.8 Å². The number of hydrogen-bond acceptors (Lipinski definition) is 6. The largest absolute Gasteiger partial charge is 0.501 e. The average molecular weight is 483 g/mol. The SMILES string of the molecule is C=CCCNc1cc(F)ccc1CCC(=O)c1nc2n(c(=O)c1O)CCCCC2N(C)C(=O)C=C. The molecule has 8 nitrogen and oxygen atoms in total. The maximum atomic E-state index is 13.8. The molecule has 1 aliphatic rings. The van der Waals surface area contributed by atoms with Gasteiger partial charge in [-0.1, -0.05) is 18.7 Å². The highest BCUT2D eigenvalue weighted by molar-refractivity contribution is 5.96. The van der Waals surface area contributed by atoms with Crippen LogP contribution < -0.4 is 10.9 Å². The van der Waals surface area contributed by atoms with E-state index in [4.69, 9.17) is 0 Å². The van der Waals surface area contributed by atoms with E-state index < -0.39 is 29.0 Å². The molecular formula is C26H31FN4O4. The van der Waals surface area contributed by atoms with Gasteiger partial charge in [-0.05, 0) is 55.9 Å². The number of anilines is 1. The lowest BCUT2D eigenvalue weighted by Crippen LogP contribution is -2.35. The molecule has 1 unspecified atom stereocenters. The quantitative estimate of drug-likeness (QED) is 0.231. The van der Waals surface area contributed by atoms with Crippen LogP contribution in [0.25, 0.3) is 0 Å². The van der Waals surface area contributed by atoms with Gasteiger partial charge in [0.2, 0.25) is 11.7 Å². The van der Waals surface area contributed by atoms with Crippen LogP contribution in [-0.4, -0.2) is 44.8 Å². The molecule has 0 radical (unpaired) electrons. The van der Waals surface area contributed by atoms with E-state index in [1.165, 1.54) is 27.7 Å². The van der Waals surface area contributed by atoms with Gasteiger partial charge in [-0.3, -0.25) is 19.0 Å². The average Bonchev–Trinajstić information content (AvgIpc) is 3.07. The van der Waals surface area contributed by atoms with E-state index in [1.54, 1.807) is 19.2 Å². The summed E-state index contributed by atoms with van der Waals surface area (Å²) in [6, 6.07) is 3.76. The highest BCUT2D eigenvalue weighted by Crippen LogP contribution is 2.29. The topological polar surface area (TPSA) is 105 Å². The molecule has 186 valence electrons. The Kier molecular flexibility index (Phi) is 8.57. The van der Waals surface area contributed by atoms with Crippen molar-refractivity contribution in [1.82, 2.24) is 14.5 Å². The number of halogens is 1. The van der Waals surface area contributed by atoms with E-state index >= 15 is 0 Å². The van der Waals surface area contributed by atoms with Crippen LogP contribution in [0, 0.1) is 5.82 Å². The molecule has 35 heavy (non-hydrogen) atoms. The van der Waals surface area contributed by atoms with E-state index in [1.807, 2.05) is 0 Å². The summed E-state index contributed by atoms with van der Waals surface area (Å²) in [4.78, 5) is 44.2. The standard InChI is InChI=1S/C26H31FN4O4/c1-4-6-14-28-19-16-18(27)12-10-17(19)11-13-21(32)23-24(34)26(35)31-15-8-7-9-20(25(31)29-23)30(3)22(33)5-2/h4-5,10,12,16,20,28,34H,1-2,6-9,11,13-15H2,3H3. The fourth-order valence-electron chi connectivity index (χ4n) is 4.23. The molecule has 1 aliphatic heterocycles. The van der Waals surface area contributed by atoms with Gasteiger partial charge < -0.3 is 15.3 Å². The Hall–Kier alpha value is -3.75. The van der Waals surface area contributed by atoms with Crippen molar-refractivity contribution >= 4 is 17.4 Å². The van der Waals surface area contributed by atoms with E-state index in [9.17, 15) is 23.9 Å². The molecule has 1 aromatic heterocycles. The van der Waals surface area contributed by atoms with E-state index in [0.29, 0.717) is 38.0 Å². The van der Waals surface area contributed by atoms with Gasteiger partial charge in [-0.15, -0.1) is 6.58 Å². The molecule has 2 aromatic rings. The molecule has 0 aliphatic carbocycles. The first-order valence-corrected chi connectivity index (χ1v) is 11.7. The normalized spacial score (nSPS) is 15.0. The number of aryl methyl sites for hydroxylation is 1. The number of benzene rings is 1. The molecule has 0 bridgehead atoms. The Labute approximate surface area is 203 Å². The maximum Gasteiger partial charge on any atom is 0.296 e. The molecule has 9 heteroatoms. The molecule has 2 heterocycles. The van der Waals surface area contributed by atoms with Gasteiger partial charge in [0.25, 0.3) is 5.56 Å². The van der Waals surface area contributed by atoms with Crippen LogP contribution >= 0.6 is 0 Å².